The van der Waals surface area contributed by atoms with Crippen LogP contribution in [0.4, 0.5) is 0 Å². The zero-order valence-electron chi connectivity index (χ0n) is 19.5. The maximum absolute atomic E-state index is 12.7. The highest BCUT2D eigenvalue weighted by atomic mass is 32.1. The van der Waals surface area contributed by atoms with Crippen molar-refractivity contribution in [3.63, 3.8) is 0 Å². The average Bonchev–Trinajstić information content (AvgIpc) is 3.46. The lowest BCUT2D eigenvalue weighted by atomic mass is 10.1. The summed E-state index contributed by atoms with van der Waals surface area (Å²) in [5, 5.41) is 5.11. The minimum absolute atomic E-state index is 0.0255. The third-order valence-corrected chi connectivity index (χ3v) is 7.48. The molecule has 2 aromatic heterocycles. The Balaban J connectivity index is 1.43. The van der Waals surface area contributed by atoms with Crippen molar-refractivity contribution in [1.29, 1.82) is 0 Å². The van der Waals surface area contributed by atoms with Crippen LogP contribution in [0, 0.1) is 0 Å². The van der Waals surface area contributed by atoms with Gasteiger partial charge < -0.3 is 14.6 Å². The fourth-order valence-electron chi connectivity index (χ4n) is 4.78. The van der Waals surface area contributed by atoms with Crippen LogP contribution in [0.5, 0.6) is 5.75 Å². The number of aromatic nitrogens is 1. The highest BCUT2D eigenvalue weighted by Gasteiger charge is 2.20. The fourth-order valence-corrected chi connectivity index (χ4v) is 5.49. The monoisotopic (exact) mass is 470 g/mol. The Morgan fingerprint density at radius 3 is 2.65 bits per heavy atom. The molecule has 174 valence electrons. The number of hydrogen-bond acceptors (Lipinski definition) is 3. The molecule has 2 heterocycles. The number of carbonyl (C=O) groups excluding carboxylic acids is 1. The lowest BCUT2D eigenvalue weighted by molar-refractivity contribution is 0.0954. The van der Waals surface area contributed by atoms with Crippen molar-refractivity contribution in [1.82, 2.24) is 9.88 Å². The lowest BCUT2D eigenvalue weighted by Crippen LogP contribution is -2.25. The summed E-state index contributed by atoms with van der Waals surface area (Å²) in [5.41, 5.74) is 6.93. The first-order valence-corrected chi connectivity index (χ1v) is 12.9. The number of rotatable bonds is 7. The predicted molar refractivity (Wildman–Crippen MR) is 139 cm³/mol. The number of nitrogens with zero attached hydrogens (tertiary/aromatic N) is 1. The van der Waals surface area contributed by atoms with Gasteiger partial charge in [0.25, 0.3) is 5.91 Å². The van der Waals surface area contributed by atoms with Gasteiger partial charge in [0.15, 0.2) is 0 Å². The van der Waals surface area contributed by atoms with Crippen LogP contribution in [0.1, 0.15) is 45.8 Å². The summed E-state index contributed by atoms with van der Waals surface area (Å²) in [4.78, 5) is 14.0. The molecule has 0 bridgehead atoms. The largest absolute Gasteiger partial charge is 0.497 e. The molecule has 4 aromatic rings. The van der Waals surface area contributed by atoms with Gasteiger partial charge in [0.2, 0.25) is 0 Å². The quantitative estimate of drug-likeness (QED) is 0.315. The molecular formula is C29H30N2O2S. The first-order valence-electron chi connectivity index (χ1n) is 12.0. The highest BCUT2D eigenvalue weighted by molar-refractivity contribution is 7.09. The zero-order chi connectivity index (χ0) is 23.3. The summed E-state index contributed by atoms with van der Waals surface area (Å²) < 4.78 is 7.87. The van der Waals surface area contributed by atoms with Gasteiger partial charge in [-0.3, -0.25) is 4.79 Å². The molecule has 0 unspecified atom stereocenters. The number of thiophene rings is 1. The molecule has 1 aliphatic rings. The predicted octanol–water partition coefficient (Wildman–Crippen LogP) is 6.46. The Kier molecular flexibility index (Phi) is 6.82. The van der Waals surface area contributed by atoms with Gasteiger partial charge in [-0.2, -0.15) is 0 Å². The second-order valence-electron chi connectivity index (χ2n) is 8.76. The van der Waals surface area contributed by atoms with Crippen LogP contribution in [-0.4, -0.2) is 24.1 Å². The molecule has 0 radical (unpaired) electrons. The number of aryl methyl sites for hydroxylation is 1. The van der Waals surface area contributed by atoms with Gasteiger partial charge >= 0.3 is 0 Å². The molecular weight excluding hydrogens is 440 g/mol. The number of carbonyl (C=O) groups is 1. The molecule has 0 atom stereocenters. The molecule has 0 spiro atoms. The maximum atomic E-state index is 12.7. The van der Waals surface area contributed by atoms with E-state index in [1.807, 2.05) is 30.3 Å². The highest BCUT2D eigenvalue weighted by Crippen LogP contribution is 2.34. The summed E-state index contributed by atoms with van der Waals surface area (Å²) in [6.07, 6.45) is 6.77. The summed E-state index contributed by atoms with van der Waals surface area (Å²) in [6.45, 7) is 0.645. The molecule has 1 aliphatic carbocycles. The summed E-state index contributed by atoms with van der Waals surface area (Å²) >= 11 is 1.72. The van der Waals surface area contributed by atoms with E-state index in [-0.39, 0.29) is 5.91 Å². The number of methoxy groups -OCH3 is 1. The van der Waals surface area contributed by atoms with E-state index in [0.29, 0.717) is 12.1 Å². The van der Waals surface area contributed by atoms with E-state index in [1.165, 1.54) is 41.1 Å². The second-order valence-corrected chi connectivity index (χ2v) is 9.79. The third kappa shape index (κ3) is 4.80. The molecule has 34 heavy (non-hydrogen) atoms. The number of fused-ring (bicyclic) bond motifs is 1. The third-order valence-electron chi connectivity index (χ3n) is 6.54. The molecule has 0 fully saturated rings. The Labute approximate surface area is 205 Å². The van der Waals surface area contributed by atoms with Gasteiger partial charge in [-0.05, 0) is 91.6 Å². The van der Waals surface area contributed by atoms with Gasteiger partial charge in [0, 0.05) is 33.9 Å². The number of benzene rings is 2. The number of nitrogens with one attached hydrogen (secondary N) is 1. The van der Waals surface area contributed by atoms with E-state index in [9.17, 15) is 4.79 Å². The Hall–Kier alpha value is -3.31. The van der Waals surface area contributed by atoms with Crippen LogP contribution in [0.15, 0.2) is 72.1 Å². The van der Waals surface area contributed by atoms with Gasteiger partial charge in [0.1, 0.15) is 5.75 Å². The standard InChI is InChI=1S/C29H30N2O2S/c1-33-25-9-5-8-22(19-25)28-20-23-7-3-2-4-11-27(23)31(28)24-14-12-21(13-15-24)29(32)30-17-16-26-10-6-18-34-26/h5-6,8-10,12-15,18-20H,2-4,7,11,16-17H2,1H3,(H,30,32). The van der Waals surface area contributed by atoms with Gasteiger partial charge in [-0.15, -0.1) is 11.3 Å². The Bertz CT molecular complexity index is 1260. The molecule has 5 heteroatoms. The van der Waals surface area contributed by atoms with Gasteiger partial charge in [0.05, 0.1) is 12.8 Å². The van der Waals surface area contributed by atoms with E-state index in [0.717, 1.165) is 36.3 Å². The molecule has 5 rings (SSSR count). The molecule has 1 N–H and O–H groups in total. The number of hydrogen-bond donors (Lipinski definition) is 1. The number of amides is 1. The van der Waals surface area contributed by atoms with Crippen LogP contribution in [-0.2, 0) is 19.3 Å². The van der Waals surface area contributed by atoms with E-state index in [1.54, 1.807) is 18.4 Å². The van der Waals surface area contributed by atoms with Crippen molar-refractivity contribution in [2.75, 3.05) is 13.7 Å². The smallest absolute Gasteiger partial charge is 0.251 e. The maximum Gasteiger partial charge on any atom is 0.251 e. The van der Waals surface area contributed by atoms with E-state index < -0.39 is 0 Å². The van der Waals surface area contributed by atoms with Crippen molar-refractivity contribution in [3.8, 4) is 22.7 Å². The number of ether oxygens (including phenoxy) is 1. The van der Waals surface area contributed by atoms with Crippen LogP contribution >= 0.6 is 11.3 Å². The van der Waals surface area contributed by atoms with Gasteiger partial charge in [-0.25, -0.2) is 0 Å². The summed E-state index contributed by atoms with van der Waals surface area (Å²) in [6, 6.07) is 22.8. The van der Waals surface area contributed by atoms with E-state index in [4.69, 9.17) is 4.74 Å². The van der Waals surface area contributed by atoms with E-state index in [2.05, 4.69) is 51.7 Å². The van der Waals surface area contributed by atoms with Crippen LogP contribution < -0.4 is 10.1 Å². The SMILES string of the molecule is COc1cccc(-c2cc3c(n2-c2ccc(C(=O)NCCc4cccs4)cc2)CCCCC3)c1. The van der Waals surface area contributed by atoms with Crippen molar-refractivity contribution in [3.05, 3.63) is 93.8 Å². The first kappa shape index (κ1) is 22.5. The molecule has 2 aromatic carbocycles. The minimum atomic E-state index is -0.0255. The minimum Gasteiger partial charge on any atom is -0.497 e. The summed E-state index contributed by atoms with van der Waals surface area (Å²) in [5.74, 6) is 0.831. The van der Waals surface area contributed by atoms with Crippen molar-refractivity contribution in [2.45, 2.75) is 38.5 Å². The average molecular weight is 471 g/mol. The zero-order valence-corrected chi connectivity index (χ0v) is 20.4. The van der Waals surface area contributed by atoms with Crippen LogP contribution in [0.3, 0.4) is 0 Å². The van der Waals surface area contributed by atoms with Gasteiger partial charge in [-0.1, -0.05) is 24.6 Å². The molecule has 1 amide bonds. The van der Waals surface area contributed by atoms with E-state index >= 15 is 0 Å². The van der Waals surface area contributed by atoms with Crippen LogP contribution in [0.25, 0.3) is 16.9 Å². The molecule has 0 aliphatic heterocycles. The van der Waals surface area contributed by atoms with Crippen molar-refractivity contribution >= 4 is 17.2 Å². The van der Waals surface area contributed by atoms with Crippen molar-refractivity contribution < 1.29 is 9.53 Å². The van der Waals surface area contributed by atoms with Crippen LogP contribution in [0.2, 0.25) is 0 Å². The fraction of sp³-hybridized carbons (Fsp3) is 0.276. The molecule has 4 nitrogen and oxygen atoms in total. The first-order chi connectivity index (χ1) is 16.7. The Morgan fingerprint density at radius 1 is 1.00 bits per heavy atom. The Morgan fingerprint density at radius 2 is 1.85 bits per heavy atom. The lowest BCUT2D eigenvalue weighted by Gasteiger charge is -2.15. The summed E-state index contributed by atoms with van der Waals surface area (Å²) in [7, 11) is 1.71. The molecule has 0 saturated heterocycles. The second kappa shape index (κ2) is 10.3. The normalized spacial score (nSPS) is 13.2. The molecule has 0 saturated carbocycles. The van der Waals surface area contributed by atoms with Crippen molar-refractivity contribution in [2.24, 2.45) is 0 Å². The topological polar surface area (TPSA) is 43.3 Å².